The molecule has 1 fully saturated rings. The molecule has 0 bridgehead atoms. The molecule has 1 aromatic carbocycles. The van der Waals surface area contributed by atoms with Gasteiger partial charge in [0, 0.05) is 34.1 Å². The smallest absolute Gasteiger partial charge is 0.0886 e. The zero-order valence-corrected chi connectivity index (χ0v) is 11.6. The summed E-state index contributed by atoms with van der Waals surface area (Å²) in [5, 5.41) is 1.13. The monoisotopic (exact) mass is 306 g/mol. The molecule has 1 saturated heterocycles. The van der Waals surface area contributed by atoms with Gasteiger partial charge in [0.05, 0.1) is 11.6 Å². The summed E-state index contributed by atoms with van der Waals surface area (Å²) in [6.07, 6.45) is 2.94. The number of pyridine rings is 1. The Morgan fingerprint density at radius 2 is 2.28 bits per heavy atom. The molecular formula is C14H15BrN2O. The molecule has 2 aromatic rings. The highest BCUT2D eigenvalue weighted by molar-refractivity contribution is 9.10. The van der Waals surface area contributed by atoms with Crippen molar-refractivity contribution in [1.82, 2.24) is 4.98 Å². The van der Waals surface area contributed by atoms with Crippen LogP contribution in [0.2, 0.25) is 0 Å². The molecule has 0 aliphatic carbocycles. The molecule has 2 N–H and O–H groups in total. The first-order chi connectivity index (χ1) is 8.81. The van der Waals surface area contributed by atoms with Crippen LogP contribution in [-0.4, -0.2) is 18.1 Å². The van der Waals surface area contributed by atoms with Crippen molar-refractivity contribution in [3.63, 3.8) is 0 Å². The lowest BCUT2D eigenvalue weighted by molar-refractivity contribution is 0.0935. The van der Waals surface area contributed by atoms with E-state index in [0.29, 0.717) is 12.5 Å². The quantitative estimate of drug-likeness (QED) is 0.927. The fourth-order valence-corrected chi connectivity index (χ4v) is 3.06. The number of halogens is 1. The number of nitrogens with zero attached hydrogens (tertiary/aromatic N) is 1. The lowest BCUT2D eigenvalue weighted by Gasteiger charge is -2.19. The third-order valence-electron chi connectivity index (χ3n) is 3.57. The van der Waals surface area contributed by atoms with Crippen LogP contribution in [-0.2, 0) is 4.74 Å². The molecule has 0 saturated carbocycles. The highest BCUT2D eigenvalue weighted by Crippen LogP contribution is 2.38. The fourth-order valence-electron chi connectivity index (χ4n) is 2.61. The molecule has 2 unspecified atom stereocenters. The fraction of sp³-hybridized carbons (Fsp3) is 0.357. The van der Waals surface area contributed by atoms with Crippen LogP contribution >= 0.6 is 15.9 Å². The van der Waals surface area contributed by atoms with Crippen LogP contribution in [0, 0.1) is 5.92 Å². The van der Waals surface area contributed by atoms with Gasteiger partial charge in [0.1, 0.15) is 0 Å². The highest BCUT2D eigenvalue weighted by Gasteiger charge is 2.30. The van der Waals surface area contributed by atoms with E-state index in [0.717, 1.165) is 34.0 Å². The summed E-state index contributed by atoms with van der Waals surface area (Å²) in [4.78, 5) is 4.50. The van der Waals surface area contributed by atoms with Crippen molar-refractivity contribution in [3.05, 3.63) is 40.5 Å². The molecule has 18 heavy (non-hydrogen) atoms. The summed E-state index contributed by atoms with van der Waals surface area (Å²) < 4.78 is 6.92. The molecule has 1 aliphatic heterocycles. The van der Waals surface area contributed by atoms with Gasteiger partial charge in [0.25, 0.3) is 0 Å². The number of fused-ring (bicyclic) bond motifs is 1. The van der Waals surface area contributed by atoms with Crippen molar-refractivity contribution < 1.29 is 4.74 Å². The van der Waals surface area contributed by atoms with Crippen molar-refractivity contribution in [1.29, 1.82) is 0 Å². The van der Waals surface area contributed by atoms with Crippen LogP contribution < -0.4 is 5.73 Å². The summed E-state index contributed by atoms with van der Waals surface area (Å²) in [7, 11) is 0. The predicted molar refractivity (Wildman–Crippen MR) is 75.3 cm³/mol. The van der Waals surface area contributed by atoms with Gasteiger partial charge in [-0.2, -0.15) is 0 Å². The minimum atomic E-state index is 0.0838. The number of nitrogens with two attached hydrogens (primary N) is 1. The summed E-state index contributed by atoms with van der Waals surface area (Å²) in [5.41, 5.74) is 7.99. The minimum Gasteiger partial charge on any atom is -0.373 e. The van der Waals surface area contributed by atoms with E-state index in [-0.39, 0.29) is 6.10 Å². The maximum atomic E-state index is 5.86. The first kappa shape index (κ1) is 12.1. The molecule has 3 nitrogen and oxygen atoms in total. The second kappa shape index (κ2) is 4.96. The van der Waals surface area contributed by atoms with Gasteiger partial charge in [-0.1, -0.05) is 28.1 Å². The topological polar surface area (TPSA) is 48.1 Å². The van der Waals surface area contributed by atoms with Gasteiger partial charge in [-0.25, -0.2) is 0 Å². The van der Waals surface area contributed by atoms with E-state index in [1.54, 1.807) is 0 Å². The van der Waals surface area contributed by atoms with Crippen LogP contribution in [0.1, 0.15) is 18.1 Å². The molecule has 1 aromatic heterocycles. The van der Waals surface area contributed by atoms with Crippen LogP contribution in [0.15, 0.2) is 34.9 Å². The van der Waals surface area contributed by atoms with Crippen molar-refractivity contribution >= 4 is 26.8 Å². The van der Waals surface area contributed by atoms with E-state index < -0.39 is 0 Å². The third kappa shape index (κ3) is 1.94. The average Bonchev–Trinajstić information content (AvgIpc) is 2.88. The Kier molecular flexibility index (Phi) is 3.33. The summed E-state index contributed by atoms with van der Waals surface area (Å²) in [6, 6.07) is 8.18. The van der Waals surface area contributed by atoms with E-state index in [1.807, 2.05) is 12.3 Å². The molecule has 94 valence electrons. The van der Waals surface area contributed by atoms with Gasteiger partial charge < -0.3 is 10.5 Å². The van der Waals surface area contributed by atoms with E-state index in [2.05, 4.69) is 39.1 Å². The number of ether oxygens (including phenoxy) is 1. The van der Waals surface area contributed by atoms with E-state index in [4.69, 9.17) is 10.5 Å². The number of benzene rings is 1. The molecule has 1 aliphatic rings. The van der Waals surface area contributed by atoms with Crippen LogP contribution in [0.4, 0.5) is 0 Å². The Hall–Kier alpha value is -0.970. The maximum Gasteiger partial charge on any atom is 0.0886 e. The highest BCUT2D eigenvalue weighted by atomic mass is 79.9. The molecule has 0 amide bonds. The van der Waals surface area contributed by atoms with Crippen molar-refractivity contribution in [2.24, 2.45) is 11.7 Å². The van der Waals surface area contributed by atoms with Gasteiger partial charge in [-0.05, 0) is 25.1 Å². The number of hydrogen-bond acceptors (Lipinski definition) is 3. The van der Waals surface area contributed by atoms with E-state index in [9.17, 15) is 0 Å². The van der Waals surface area contributed by atoms with Crippen LogP contribution in [0.25, 0.3) is 10.9 Å². The zero-order chi connectivity index (χ0) is 12.5. The zero-order valence-electron chi connectivity index (χ0n) is 9.97. The lowest BCUT2D eigenvalue weighted by atomic mass is 9.94. The van der Waals surface area contributed by atoms with Crippen LogP contribution in [0.5, 0.6) is 0 Å². The van der Waals surface area contributed by atoms with Crippen molar-refractivity contribution in [2.45, 2.75) is 12.5 Å². The summed E-state index contributed by atoms with van der Waals surface area (Å²) in [5.74, 6) is 0.399. The Morgan fingerprint density at radius 1 is 1.39 bits per heavy atom. The van der Waals surface area contributed by atoms with Gasteiger partial charge in [-0.15, -0.1) is 0 Å². The Labute approximate surface area is 114 Å². The van der Waals surface area contributed by atoms with E-state index in [1.165, 1.54) is 0 Å². The van der Waals surface area contributed by atoms with Gasteiger partial charge in [0.2, 0.25) is 0 Å². The molecule has 3 rings (SSSR count). The lowest BCUT2D eigenvalue weighted by Crippen LogP contribution is -2.18. The normalized spacial score (nSPS) is 23.7. The third-order valence-corrected chi connectivity index (χ3v) is 4.26. The Balaban J connectivity index is 2.15. The number of hydrogen-bond donors (Lipinski definition) is 1. The standard InChI is InChI=1S/C14H15BrN2O/c15-12-4-3-11(13-10(12)2-1-6-17-13)14-9(8-16)5-7-18-14/h1-4,6,9,14H,5,7-8,16H2. The summed E-state index contributed by atoms with van der Waals surface area (Å²) >= 11 is 3.57. The second-order valence-corrected chi connectivity index (χ2v) is 5.47. The average molecular weight is 307 g/mol. The van der Waals surface area contributed by atoms with Crippen molar-refractivity contribution in [3.8, 4) is 0 Å². The Bertz CT molecular complexity index is 573. The first-order valence-electron chi connectivity index (χ1n) is 6.16. The second-order valence-electron chi connectivity index (χ2n) is 4.61. The Morgan fingerprint density at radius 3 is 3.11 bits per heavy atom. The SMILES string of the molecule is NCC1CCOC1c1ccc(Br)c2cccnc12. The molecule has 0 radical (unpaired) electrons. The van der Waals surface area contributed by atoms with E-state index >= 15 is 0 Å². The van der Waals surface area contributed by atoms with Crippen molar-refractivity contribution in [2.75, 3.05) is 13.2 Å². The summed E-state index contributed by atoms with van der Waals surface area (Å²) in [6.45, 7) is 1.45. The van der Waals surface area contributed by atoms with Gasteiger partial charge >= 0.3 is 0 Å². The molecular weight excluding hydrogens is 292 g/mol. The molecule has 2 heterocycles. The first-order valence-corrected chi connectivity index (χ1v) is 6.95. The molecule has 2 atom stereocenters. The van der Waals surface area contributed by atoms with Gasteiger partial charge in [0.15, 0.2) is 0 Å². The largest absolute Gasteiger partial charge is 0.373 e. The number of rotatable bonds is 2. The predicted octanol–water partition coefficient (Wildman–Crippen LogP) is 3.03. The van der Waals surface area contributed by atoms with Crippen LogP contribution in [0.3, 0.4) is 0 Å². The minimum absolute atomic E-state index is 0.0838. The van der Waals surface area contributed by atoms with Gasteiger partial charge in [-0.3, -0.25) is 4.98 Å². The maximum absolute atomic E-state index is 5.86. The molecule has 4 heteroatoms. The molecule has 0 spiro atoms. The number of aromatic nitrogens is 1.